The highest BCUT2D eigenvalue weighted by Crippen LogP contribution is 2.29. The number of hydrogen-bond acceptors (Lipinski definition) is 7. The van der Waals surface area contributed by atoms with Crippen LogP contribution in [-0.2, 0) is 11.3 Å². The summed E-state index contributed by atoms with van der Waals surface area (Å²) in [6.45, 7) is -0.118. The molecule has 29 heavy (non-hydrogen) atoms. The van der Waals surface area contributed by atoms with E-state index in [0.29, 0.717) is 16.5 Å². The van der Waals surface area contributed by atoms with Crippen molar-refractivity contribution >= 4 is 33.7 Å². The second kappa shape index (κ2) is 9.02. The number of ether oxygens (including phenoxy) is 1. The van der Waals surface area contributed by atoms with Gasteiger partial charge in [-0.05, 0) is 48.5 Å². The quantitative estimate of drug-likeness (QED) is 0.351. The van der Waals surface area contributed by atoms with Crippen LogP contribution in [0, 0.1) is 0 Å². The van der Waals surface area contributed by atoms with Gasteiger partial charge >= 0.3 is 5.97 Å². The highest BCUT2D eigenvalue weighted by atomic mass is 79.9. The maximum atomic E-state index is 12.6. The summed E-state index contributed by atoms with van der Waals surface area (Å²) in [6.07, 6.45) is 1.64. The fraction of sp³-hybridized carbons (Fsp3) is 0.0476. The molecule has 0 atom stereocenters. The van der Waals surface area contributed by atoms with E-state index in [2.05, 4.69) is 31.1 Å². The van der Waals surface area contributed by atoms with Crippen LogP contribution in [0.4, 0.5) is 0 Å². The standard InChI is InChI=1S/C21H14BrN3O3S/c22-15-10-8-14(9-11-15)19-25-24-18(28-19)13-27-21(26)17-7-4-12-23-20(17)29-16-5-2-1-3-6-16/h1-12H,13H2. The van der Waals surface area contributed by atoms with Crippen molar-refractivity contribution in [1.82, 2.24) is 15.2 Å². The summed E-state index contributed by atoms with van der Waals surface area (Å²) >= 11 is 4.78. The van der Waals surface area contributed by atoms with E-state index in [-0.39, 0.29) is 12.5 Å². The lowest BCUT2D eigenvalue weighted by Gasteiger charge is -2.07. The van der Waals surface area contributed by atoms with Crippen molar-refractivity contribution in [2.24, 2.45) is 0 Å². The molecule has 4 rings (SSSR count). The highest BCUT2D eigenvalue weighted by Gasteiger charge is 2.17. The number of aromatic nitrogens is 3. The minimum Gasteiger partial charge on any atom is -0.452 e. The van der Waals surface area contributed by atoms with Crippen LogP contribution in [-0.4, -0.2) is 21.2 Å². The van der Waals surface area contributed by atoms with E-state index in [0.717, 1.165) is 14.9 Å². The zero-order chi connectivity index (χ0) is 20.1. The van der Waals surface area contributed by atoms with Crippen LogP contribution in [0.15, 0.2) is 91.7 Å². The van der Waals surface area contributed by atoms with Crippen molar-refractivity contribution < 1.29 is 13.9 Å². The van der Waals surface area contributed by atoms with E-state index in [9.17, 15) is 4.79 Å². The average molecular weight is 468 g/mol. The van der Waals surface area contributed by atoms with Crippen LogP contribution in [0.2, 0.25) is 0 Å². The second-order valence-electron chi connectivity index (χ2n) is 5.86. The van der Waals surface area contributed by atoms with Crippen LogP contribution >= 0.6 is 27.7 Å². The summed E-state index contributed by atoms with van der Waals surface area (Å²) in [5.41, 5.74) is 1.17. The van der Waals surface area contributed by atoms with Crippen LogP contribution < -0.4 is 0 Å². The summed E-state index contributed by atoms with van der Waals surface area (Å²) in [5.74, 6) is 0.0857. The van der Waals surface area contributed by atoms with Gasteiger partial charge in [0.1, 0.15) is 5.03 Å². The maximum Gasteiger partial charge on any atom is 0.341 e. The lowest BCUT2D eigenvalue weighted by molar-refractivity contribution is 0.0433. The molecule has 144 valence electrons. The number of benzene rings is 2. The van der Waals surface area contributed by atoms with Gasteiger partial charge in [0, 0.05) is 21.1 Å². The summed E-state index contributed by atoms with van der Waals surface area (Å²) in [4.78, 5) is 17.9. The van der Waals surface area contributed by atoms with Gasteiger partial charge in [-0.2, -0.15) is 0 Å². The fourth-order valence-corrected chi connectivity index (χ4v) is 3.61. The minimum atomic E-state index is -0.500. The van der Waals surface area contributed by atoms with Crippen molar-refractivity contribution in [2.75, 3.05) is 0 Å². The van der Waals surface area contributed by atoms with Gasteiger partial charge in [0.15, 0.2) is 6.61 Å². The SMILES string of the molecule is O=C(OCc1nnc(-c2ccc(Br)cc2)o1)c1cccnc1Sc1ccccc1. The molecule has 0 fully saturated rings. The Hall–Kier alpha value is -2.97. The first-order valence-corrected chi connectivity index (χ1v) is 10.2. The van der Waals surface area contributed by atoms with Crippen molar-refractivity contribution in [3.8, 4) is 11.5 Å². The molecule has 0 saturated carbocycles. The Bertz CT molecular complexity index is 1120. The first kappa shape index (κ1) is 19.4. The molecule has 0 bridgehead atoms. The van der Waals surface area contributed by atoms with Crippen LogP contribution in [0.1, 0.15) is 16.2 Å². The molecule has 0 aliphatic carbocycles. The van der Waals surface area contributed by atoms with Crippen LogP contribution in [0.5, 0.6) is 0 Å². The molecule has 2 aromatic carbocycles. The third kappa shape index (κ3) is 4.90. The molecule has 0 amide bonds. The van der Waals surface area contributed by atoms with E-state index >= 15 is 0 Å². The Balaban J connectivity index is 1.43. The molecule has 2 heterocycles. The van der Waals surface area contributed by atoms with Gasteiger partial charge in [-0.3, -0.25) is 0 Å². The molecule has 0 radical (unpaired) electrons. The largest absolute Gasteiger partial charge is 0.452 e. The molecule has 2 aromatic heterocycles. The van der Waals surface area contributed by atoms with Crippen LogP contribution in [0.3, 0.4) is 0 Å². The zero-order valence-corrected chi connectivity index (χ0v) is 17.4. The second-order valence-corrected chi connectivity index (χ2v) is 7.83. The lowest BCUT2D eigenvalue weighted by atomic mass is 10.2. The monoisotopic (exact) mass is 467 g/mol. The maximum absolute atomic E-state index is 12.6. The van der Waals surface area contributed by atoms with E-state index in [1.165, 1.54) is 11.8 Å². The Morgan fingerprint density at radius 2 is 1.79 bits per heavy atom. The van der Waals surface area contributed by atoms with E-state index < -0.39 is 5.97 Å². The fourth-order valence-electron chi connectivity index (χ4n) is 2.45. The summed E-state index contributed by atoms with van der Waals surface area (Å²) in [5, 5.41) is 8.52. The van der Waals surface area contributed by atoms with E-state index in [1.807, 2.05) is 54.6 Å². The first-order valence-electron chi connectivity index (χ1n) is 8.62. The molecule has 0 aliphatic rings. The predicted octanol–water partition coefficient (Wildman–Crippen LogP) is 5.40. The molecule has 4 aromatic rings. The molecular weight excluding hydrogens is 454 g/mol. The van der Waals surface area contributed by atoms with Crippen molar-refractivity contribution in [3.63, 3.8) is 0 Å². The summed E-state index contributed by atoms with van der Waals surface area (Å²) in [6, 6.07) is 20.6. The molecular formula is C21H14BrN3O3S. The summed E-state index contributed by atoms with van der Waals surface area (Å²) < 4.78 is 11.9. The smallest absolute Gasteiger partial charge is 0.341 e. The third-order valence-corrected chi connectivity index (χ3v) is 5.39. The number of nitrogens with zero attached hydrogens (tertiary/aromatic N) is 3. The number of halogens is 1. The molecule has 0 N–H and O–H groups in total. The van der Waals surface area contributed by atoms with Gasteiger partial charge in [0.25, 0.3) is 5.89 Å². The average Bonchev–Trinajstić information content (AvgIpc) is 3.23. The Morgan fingerprint density at radius 3 is 2.59 bits per heavy atom. The normalized spacial score (nSPS) is 10.7. The molecule has 0 spiro atoms. The first-order chi connectivity index (χ1) is 14.2. The van der Waals surface area contributed by atoms with E-state index in [1.54, 1.807) is 18.3 Å². The number of esters is 1. The molecule has 0 aliphatic heterocycles. The van der Waals surface area contributed by atoms with Crippen LogP contribution in [0.25, 0.3) is 11.5 Å². The Morgan fingerprint density at radius 1 is 1.00 bits per heavy atom. The Labute approximate surface area is 179 Å². The molecule has 8 heteroatoms. The third-order valence-electron chi connectivity index (χ3n) is 3.83. The minimum absolute atomic E-state index is 0.118. The van der Waals surface area contributed by atoms with Gasteiger partial charge in [0.2, 0.25) is 5.89 Å². The summed E-state index contributed by atoms with van der Waals surface area (Å²) in [7, 11) is 0. The van der Waals surface area contributed by atoms with Gasteiger partial charge in [0.05, 0.1) is 5.56 Å². The number of hydrogen-bond donors (Lipinski definition) is 0. The number of carbonyl (C=O) groups is 1. The number of pyridine rings is 1. The van der Waals surface area contributed by atoms with Gasteiger partial charge in [-0.1, -0.05) is 45.9 Å². The van der Waals surface area contributed by atoms with Crippen molar-refractivity contribution in [1.29, 1.82) is 0 Å². The topological polar surface area (TPSA) is 78.1 Å². The highest BCUT2D eigenvalue weighted by molar-refractivity contribution is 9.10. The van der Waals surface area contributed by atoms with Gasteiger partial charge in [-0.25, -0.2) is 9.78 Å². The lowest BCUT2D eigenvalue weighted by Crippen LogP contribution is -2.07. The van der Waals surface area contributed by atoms with Crippen molar-refractivity contribution in [3.05, 3.63) is 88.9 Å². The van der Waals surface area contributed by atoms with E-state index in [4.69, 9.17) is 9.15 Å². The van der Waals surface area contributed by atoms with Gasteiger partial charge in [-0.15, -0.1) is 10.2 Å². The molecule has 0 unspecified atom stereocenters. The van der Waals surface area contributed by atoms with Crippen molar-refractivity contribution in [2.45, 2.75) is 16.5 Å². The predicted molar refractivity (Wildman–Crippen MR) is 111 cm³/mol. The number of carbonyl (C=O) groups excluding carboxylic acids is 1. The number of rotatable bonds is 6. The molecule has 0 saturated heterocycles. The molecule has 6 nitrogen and oxygen atoms in total. The van der Waals surface area contributed by atoms with Gasteiger partial charge < -0.3 is 9.15 Å². The zero-order valence-electron chi connectivity index (χ0n) is 15.0. The Kier molecular flexibility index (Phi) is 6.02.